The van der Waals surface area contributed by atoms with E-state index >= 15 is 0 Å². The van der Waals surface area contributed by atoms with E-state index in [1.807, 2.05) is 0 Å². The molecule has 0 aromatic rings. The van der Waals surface area contributed by atoms with Crippen LogP contribution in [0.3, 0.4) is 0 Å². The molecule has 0 aliphatic carbocycles. The fourth-order valence-electron chi connectivity index (χ4n) is 0.540. The SMILES string of the molecule is OO.[CH2-]CN(CC)CC.[Pd]. The van der Waals surface area contributed by atoms with E-state index in [1.54, 1.807) is 0 Å². The molecule has 4 heteroatoms. The maximum atomic E-state index is 6.00. The smallest absolute Gasteiger partial charge is 0 e. The second-order valence-corrected chi connectivity index (χ2v) is 1.53. The summed E-state index contributed by atoms with van der Waals surface area (Å²) in [6.45, 7) is 11.2. The molecule has 0 spiro atoms. The molecular formula is C6H16NO2Pd-. The van der Waals surface area contributed by atoms with E-state index in [1.165, 1.54) is 0 Å². The Morgan fingerprint density at radius 2 is 1.50 bits per heavy atom. The first-order chi connectivity index (χ1) is 4.35. The molecule has 0 radical (unpaired) electrons. The van der Waals surface area contributed by atoms with E-state index in [0.717, 1.165) is 19.6 Å². The van der Waals surface area contributed by atoms with Crippen LogP contribution in [0.1, 0.15) is 13.8 Å². The molecule has 0 rings (SSSR count). The monoisotopic (exact) mass is 240 g/mol. The molecule has 2 N–H and O–H groups in total. The van der Waals surface area contributed by atoms with Gasteiger partial charge in [0, 0.05) is 20.4 Å². The van der Waals surface area contributed by atoms with Crippen molar-refractivity contribution in [3.05, 3.63) is 6.92 Å². The van der Waals surface area contributed by atoms with Crippen molar-refractivity contribution in [3.63, 3.8) is 0 Å². The van der Waals surface area contributed by atoms with Crippen molar-refractivity contribution in [1.82, 2.24) is 4.90 Å². The van der Waals surface area contributed by atoms with E-state index in [2.05, 4.69) is 25.7 Å². The predicted molar refractivity (Wildman–Crippen MR) is 38.4 cm³/mol. The summed E-state index contributed by atoms with van der Waals surface area (Å²) in [4.78, 5) is 2.26. The molecule has 0 unspecified atom stereocenters. The number of hydrogen-bond acceptors (Lipinski definition) is 3. The third-order valence-corrected chi connectivity index (χ3v) is 1.21. The molecule has 0 saturated heterocycles. The van der Waals surface area contributed by atoms with Crippen molar-refractivity contribution in [2.45, 2.75) is 13.8 Å². The van der Waals surface area contributed by atoms with E-state index in [0.29, 0.717) is 0 Å². The molecule has 0 aliphatic rings. The van der Waals surface area contributed by atoms with Gasteiger partial charge in [-0.2, -0.15) is 0 Å². The van der Waals surface area contributed by atoms with Crippen molar-refractivity contribution >= 4 is 0 Å². The summed E-state index contributed by atoms with van der Waals surface area (Å²) in [5.74, 6) is 0. The van der Waals surface area contributed by atoms with Crippen molar-refractivity contribution < 1.29 is 30.9 Å². The van der Waals surface area contributed by atoms with Crippen molar-refractivity contribution in [2.24, 2.45) is 0 Å². The van der Waals surface area contributed by atoms with Crippen LogP contribution in [-0.2, 0) is 20.4 Å². The van der Waals surface area contributed by atoms with Gasteiger partial charge in [-0.05, 0) is 13.1 Å². The third-order valence-electron chi connectivity index (χ3n) is 1.21. The maximum absolute atomic E-state index is 6.00. The van der Waals surface area contributed by atoms with Crippen LogP contribution in [0.5, 0.6) is 0 Å². The van der Waals surface area contributed by atoms with Gasteiger partial charge in [0.15, 0.2) is 0 Å². The Labute approximate surface area is 76.6 Å². The van der Waals surface area contributed by atoms with Crippen LogP contribution < -0.4 is 0 Å². The maximum Gasteiger partial charge on any atom is 0 e. The van der Waals surface area contributed by atoms with Gasteiger partial charge in [-0.3, -0.25) is 10.5 Å². The van der Waals surface area contributed by atoms with Crippen LogP contribution in [0.4, 0.5) is 0 Å². The average Bonchev–Trinajstić information content (AvgIpc) is 1.96. The first-order valence-electron chi connectivity index (χ1n) is 3.06. The summed E-state index contributed by atoms with van der Waals surface area (Å²) in [6, 6.07) is 0. The predicted octanol–water partition coefficient (Wildman–Crippen LogP) is 1.18. The van der Waals surface area contributed by atoms with E-state index in [9.17, 15) is 0 Å². The first kappa shape index (κ1) is 16.9. The Morgan fingerprint density at radius 1 is 1.20 bits per heavy atom. The molecule has 0 amide bonds. The minimum atomic E-state index is 0. The minimum absolute atomic E-state index is 0. The molecule has 0 aromatic heterocycles. The summed E-state index contributed by atoms with van der Waals surface area (Å²) in [7, 11) is 0. The van der Waals surface area contributed by atoms with Gasteiger partial charge >= 0.3 is 0 Å². The summed E-state index contributed by atoms with van der Waals surface area (Å²) in [5.41, 5.74) is 0. The van der Waals surface area contributed by atoms with Crippen LogP contribution in [0.15, 0.2) is 0 Å². The zero-order chi connectivity index (χ0) is 7.70. The fourth-order valence-corrected chi connectivity index (χ4v) is 0.540. The average molecular weight is 241 g/mol. The molecule has 68 valence electrons. The van der Waals surface area contributed by atoms with Gasteiger partial charge in [0.1, 0.15) is 0 Å². The normalized spacial score (nSPS) is 7.80. The number of rotatable bonds is 3. The van der Waals surface area contributed by atoms with Crippen molar-refractivity contribution in [3.8, 4) is 0 Å². The second-order valence-electron chi connectivity index (χ2n) is 1.53. The summed E-state index contributed by atoms with van der Waals surface area (Å²) in [5, 5.41) is 12.0. The second kappa shape index (κ2) is 16.3. The van der Waals surface area contributed by atoms with Crippen LogP contribution in [-0.4, -0.2) is 35.0 Å². The molecular weight excluding hydrogens is 224 g/mol. The topological polar surface area (TPSA) is 43.7 Å². The third kappa shape index (κ3) is 11.4. The largest absolute Gasteiger partial charge is 0.333 e. The molecule has 0 fully saturated rings. The quantitative estimate of drug-likeness (QED) is 0.337. The van der Waals surface area contributed by atoms with Gasteiger partial charge in [-0.15, -0.1) is 6.54 Å². The Bertz CT molecular complexity index is 37.2. The van der Waals surface area contributed by atoms with E-state index < -0.39 is 0 Å². The standard InChI is InChI=1S/C6H14N.H2O2.Pd/c1-4-7(5-2)6-3;1-2;/h1,4-6H2,2-3H3;1-2H;/q-1;;. The van der Waals surface area contributed by atoms with Gasteiger partial charge in [-0.1, -0.05) is 13.8 Å². The molecule has 0 aliphatic heterocycles. The van der Waals surface area contributed by atoms with Crippen LogP contribution in [0.2, 0.25) is 0 Å². The van der Waals surface area contributed by atoms with Crippen LogP contribution in [0, 0.1) is 6.92 Å². The van der Waals surface area contributed by atoms with Crippen LogP contribution >= 0.6 is 0 Å². The Kier molecular flexibility index (Phi) is 27.5. The summed E-state index contributed by atoms with van der Waals surface area (Å²) < 4.78 is 0. The fraction of sp³-hybridized carbons (Fsp3) is 0.833. The molecule has 0 heterocycles. The minimum Gasteiger partial charge on any atom is -0.333 e. The zero-order valence-electron chi connectivity index (χ0n) is 6.49. The summed E-state index contributed by atoms with van der Waals surface area (Å²) >= 11 is 0. The van der Waals surface area contributed by atoms with Gasteiger partial charge in [0.05, 0.1) is 0 Å². The Hall–Kier alpha value is 0.542. The molecule has 0 saturated carbocycles. The van der Waals surface area contributed by atoms with Crippen molar-refractivity contribution in [1.29, 1.82) is 0 Å². The Morgan fingerprint density at radius 3 is 1.50 bits per heavy atom. The van der Waals surface area contributed by atoms with E-state index in [-0.39, 0.29) is 20.4 Å². The van der Waals surface area contributed by atoms with Gasteiger partial charge < -0.3 is 11.8 Å². The molecule has 0 aromatic carbocycles. The number of hydrogen-bond donors (Lipinski definition) is 2. The zero-order valence-corrected chi connectivity index (χ0v) is 8.04. The Balaban J connectivity index is -0.000000149. The molecule has 10 heavy (non-hydrogen) atoms. The van der Waals surface area contributed by atoms with E-state index in [4.69, 9.17) is 10.5 Å². The molecule has 0 atom stereocenters. The molecule has 3 nitrogen and oxygen atoms in total. The van der Waals surface area contributed by atoms with Crippen LogP contribution in [0.25, 0.3) is 0 Å². The van der Waals surface area contributed by atoms with Gasteiger partial charge in [0.2, 0.25) is 0 Å². The summed E-state index contributed by atoms with van der Waals surface area (Å²) in [6.07, 6.45) is 0. The molecule has 0 bridgehead atoms. The van der Waals surface area contributed by atoms with Gasteiger partial charge in [-0.25, -0.2) is 0 Å². The number of nitrogens with zero attached hydrogens (tertiary/aromatic N) is 1. The van der Waals surface area contributed by atoms with Gasteiger partial charge in [0.25, 0.3) is 0 Å². The first-order valence-corrected chi connectivity index (χ1v) is 3.06. The van der Waals surface area contributed by atoms with Crippen molar-refractivity contribution in [2.75, 3.05) is 19.6 Å².